The molecule has 27 heavy (non-hydrogen) atoms. The normalized spacial score (nSPS) is 18.4. The van der Waals surface area contributed by atoms with Gasteiger partial charge in [-0.05, 0) is 52.9 Å². The van der Waals surface area contributed by atoms with Gasteiger partial charge in [0.2, 0.25) is 0 Å². The number of hydrogen-bond donors (Lipinski definition) is 0. The summed E-state index contributed by atoms with van der Waals surface area (Å²) in [6.07, 6.45) is 4.63. The van der Waals surface area contributed by atoms with Crippen LogP contribution < -0.4 is 0 Å². The van der Waals surface area contributed by atoms with Gasteiger partial charge in [-0.2, -0.15) is 5.26 Å². The Morgan fingerprint density at radius 3 is 2.26 bits per heavy atom. The molecule has 0 saturated heterocycles. The van der Waals surface area contributed by atoms with Crippen molar-refractivity contribution in [1.82, 2.24) is 4.67 Å². The minimum atomic E-state index is -1.29. The van der Waals surface area contributed by atoms with Crippen LogP contribution in [-0.4, -0.2) is 35.2 Å². The van der Waals surface area contributed by atoms with Crippen LogP contribution in [0.15, 0.2) is 0 Å². The van der Waals surface area contributed by atoms with Crippen LogP contribution in [0.4, 0.5) is 0 Å². The van der Waals surface area contributed by atoms with Crippen molar-refractivity contribution in [2.24, 2.45) is 5.41 Å². The second-order valence-electron chi connectivity index (χ2n) is 7.94. The molecule has 0 aromatic heterocycles. The summed E-state index contributed by atoms with van der Waals surface area (Å²) in [4.78, 5) is 12.2. The molecule has 4 atom stereocenters. The standard InChI is InChI=1S/C21H41N2O3P/c1-9-15-23(18(5)10-2)27(25-16-13-14-22)26-21(8,12-4)17-20(7,11-3)19(6)24/h18H,9-13,15-17H2,1-8H3. The second-order valence-corrected chi connectivity index (χ2v) is 9.37. The highest BCUT2D eigenvalue weighted by Crippen LogP contribution is 2.51. The number of hydrogen-bond acceptors (Lipinski definition) is 5. The van der Waals surface area contributed by atoms with Gasteiger partial charge in [-0.25, -0.2) is 4.67 Å². The lowest BCUT2D eigenvalue weighted by molar-refractivity contribution is -0.129. The summed E-state index contributed by atoms with van der Waals surface area (Å²) < 4.78 is 15.0. The zero-order valence-electron chi connectivity index (χ0n) is 18.8. The molecule has 0 bridgehead atoms. The first kappa shape index (κ1) is 26.5. The molecule has 0 fully saturated rings. The summed E-state index contributed by atoms with van der Waals surface area (Å²) in [7, 11) is -1.29. The molecule has 0 radical (unpaired) electrons. The Kier molecular flexibility index (Phi) is 12.6. The van der Waals surface area contributed by atoms with Crippen LogP contribution in [0.5, 0.6) is 0 Å². The minimum Gasteiger partial charge on any atom is -0.321 e. The molecule has 0 aromatic rings. The Hall–Kier alpha value is -0.530. The van der Waals surface area contributed by atoms with Gasteiger partial charge in [-0.1, -0.05) is 34.6 Å². The van der Waals surface area contributed by atoms with E-state index in [0.717, 1.165) is 32.2 Å². The molecule has 6 heteroatoms. The molecule has 0 aliphatic carbocycles. The third kappa shape index (κ3) is 8.57. The average Bonchev–Trinajstić information content (AvgIpc) is 2.64. The van der Waals surface area contributed by atoms with Crippen LogP contribution in [0.1, 0.15) is 93.9 Å². The van der Waals surface area contributed by atoms with Gasteiger partial charge in [0.15, 0.2) is 0 Å². The van der Waals surface area contributed by atoms with E-state index in [1.165, 1.54) is 0 Å². The van der Waals surface area contributed by atoms with Gasteiger partial charge < -0.3 is 9.05 Å². The molecule has 0 amide bonds. The smallest absolute Gasteiger partial charge is 0.259 e. The van der Waals surface area contributed by atoms with E-state index in [-0.39, 0.29) is 5.78 Å². The molecule has 0 saturated carbocycles. The number of rotatable bonds is 15. The van der Waals surface area contributed by atoms with Crippen LogP contribution in [0.25, 0.3) is 0 Å². The first-order valence-corrected chi connectivity index (χ1v) is 11.5. The number of carbonyl (C=O) groups excluding carboxylic acids is 1. The maximum Gasteiger partial charge on any atom is 0.259 e. The first-order valence-electron chi connectivity index (χ1n) is 10.4. The Bertz CT molecular complexity index is 483. The average molecular weight is 401 g/mol. The Balaban J connectivity index is 5.60. The van der Waals surface area contributed by atoms with E-state index in [0.29, 0.717) is 25.5 Å². The number of nitrogens with zero attached hydrogens (tertiary/aromatic N) is 2. The van der Waals surface area contributed by atoms with Gasteiger partial charge in [0.1, 0.15) is 5.78 Å². The second kappa shape index (κ2) is 12.8. The highest BCUT2D eigenvalue weighted by Gasteiger charge is 2.41. The predicted octanol–water partition coefficient (Wildman–Crippen LogP) is 6.23. The van der Waals surface area contributed by atoms with Gasteiger partial charge in [0.25, 0.3) is 8.53 Å². The van der Waals surface area contributed by atoms with E-state index in [1.807, 2.05) is 6.92 Å². The van der Waals surface area contributed by atoms with E-state index >= 15 is 0 Å². The predicted molar refractivity (Wildman–Crippen MR) is 113 cm³/mol. The first-order chi connectivity index (χ1) is 12.6. The molecule has 158 valence electrons. The van der Waals surface area contributed by atoms with Gasteiger partial charge in [0.05, 0.1) is 24.7 Å². The summed E-state index contributed by atoms with van der Waals surface area (Å²) in [6.45, 7) is 17.7. The molecule has 4 unspecified atom stereocenters. The van der Waals surface area contributed by atoms with Gasteiger partial charge in [-0.3, -0.25) is 4.79 Å². The van der Waals surface area contributed by atoms with Crippen LogP contribution >= 0.6 is 8.53 Å². The van der Waals surface area contributed by atoms with Crippen molar-refractivity contribution in [1.29, 1.82) is 5.26 Å². The van der Waals surface area contributed by atoms with Gasteiger partial charge in [0, 0.05) is 18.0 Å². The monoisotopic (exact) mass is 400 g/mol. The molecule has 0 aliphatic rings. The summed E-state index contributed by atoms with van der Waals surface area (Å²) in [6, 6.07) is 2.48. The largest absolute Gasteiger partial charge is 0.321 e. The van der Waals surface area contributed by atoms with Crippen molar-refractivity contribution >= 4 is 14.3 Å². The quantitative estimate of drug-likeness (QED) is 0.241. The Morgan fingerprint density at radius 2 is 1.85 bits per heavy atom. The zero-order chi connectivity index (χ0) is 21.1. The molecular formula is C21H41N2O3P. The van der Waals surface area contributed by atoms with Crippen molar-refractivity contribution in [3.8, 4) is 6.07 Å². The maximum atomic E-state index is 12.2. The highest BCUT2D eigenvalue weighted by molar-refractivity contribution is 7.44. The third-order valence-electron chi connectivity index (χ3n) is 5.62. The van der Waals surface area contributed by atoms with Crippen molar-refractivity contribution in [3.63, 3.8) is 0 Å². The molecule has 0 N–H and O–H groups in total. The fraction of sp³-hybridized carbons (Fsp3) is 0.905. The molecule has 0 aromatic carbocycles. The van der Waals surface area contributed by atoms with Gasteiger partial charge >= 0.3 is 0 Å². The summed E-state index contributed by atoms with van der Waals surface area (Å²) in [5, 5.41) is 8.89. The Labute approximate surface area is 168 Å². The van der Waals surface area contributed by atoms with E-state index in [2.05, 4.69) is 52.3 Å². The number of Topliss-reactive ketones (excluding diaryl/α,β-unsaturated/α-hetero) is 1. The van der Waals surface area contributed by atoms with E-state index < -0.39 is 19.5 Å². The Morgan fingerprint density at radius 1 is 1.22 bits per heavy atom. The third-order valence-corrected chi connectivity index (χ3v) is 7.63. The van der Waals surface area contributed by atoms with E-state index in [1.54, 1.807) is 6.92 Å². The fourth-order valence-corrected chi connectivity index (χ4v) is 4.93. The van der Waals surface area contributed by atoms with Crippen LogP contribution in [-0.2, 0) is 13.8 Å². The molecule has 0 heterocycles. The van der Waals surface area contributed by atoms with Gasteiger partial charge in [-0.15, -0.1) is 0 Å². The highest BCUT2D eigenvalue weighted by atomic mass is 31.2. The molecular weight excluding hydrogens is 359 g/mol. The summed E-state index contributed by atoms with van der Waals surface area (Å²) >= 11 is 0. The lowest BCUT2D eigenvalue weighted by Gasteiger charge is -2.42. The summed E-state index contributed by atoms with van der Waals surface area (Å²) in [5.74, 6) is 0.204. The molecule has 5 nitrogen and oxygen atoms in total. The molecule has 0 rings (SSSR count). The lowest BCUT2D eigenvalue weighted by Crippen LogP contribution is -2.40. The van der Waals surface area contributed by atoms with Crippen molar-refractivity contribution in [2.75, 3.05) is 13.2 Å². The van der Waals surface area contributed by atoms with Crippen LogP contribution in [0.2, 0.25) is 0 Å². The number of carbonyl (C=O) groups is 1. The zero-order valence-corrected chi connectivity index (χ0v) is 19.7. The number of ketones is 1. The maximum absolute atomic E-state index is 12.2. The minimum absolute atomic E-state index is 0.204. The fourth-order valence-electron chi connectivity index (χ4n) is 2.96. The van der Waals surface area contributed by atoms with Crippen LogP contribution in [0, 0.1) is 16.7 Å². The van der Waals surface area contributed by atoms with E-state index in [9.17, 15) is 4.79 Å². The summed E-state index contributed by atoms with van der Waals surface area (Å²) in [5.41, 5.74) is -0.849. The van der Waals surface area contributed by atoms with Crippen molar-refractivity contribution in [3.05, 3.63) is 0 Å². The number of nitriles is 1. The van der Waals surface area contributed by atoms with E-state index in [4.69, 9.17) is 14.3 Å². The molecule has 0 spiro atoms. The van der Waals surface area contributed by atoms with Crippen molar-refractivity contribution < 1.29 is 13.8 Å². The lowest BCUT2D eigenvalue weighted by atomic mass is 9.74. The SMILES string of the molecule is CCCN(C(C)CC)P(OCCC#N)OC(C)(CC)CC(C)(CC)C(C)=O. The van der Waals surface area contributed by atoms with Crippen molar-refractivity contribution in [2.45, 2.75) is 106 Å². The topological polar surface area (TPSA) is 62.6 Å². The van der Waals surface area contributed by atoms with Crippen LogP contribution in [0.3, 0.4) is 0 Å². The molecule has 0 aliphatic heterocycles.